The molecule has 0 amide bonds. The number of aliphatic hydroxyl groups is 1. The van der Waals surface area contributed by atoms with Crippen molar-refractivity contribution in [2.24, 2.45) is 5.41 Å². The summed E-state index contributed by atoms with van der Waals surface area (Å²) in [7, 11) is 0. The first-order valence-corrected chi connectivity index (χ1v) is 5.48. The highest BCUT2D eigenvalue weighted by Gasteiger charge is 2.41. The van der Waals surface area contributed by atoms with E-state index in [-0.39, 0.29) is 5.41 Å². The van der Waals surface area contributed by atoms with Crippen molar-refractivity contribution >= 4 is 0 Å². The summed E-state index contributed by atoms with van der Waals surface area (Å²) in [6, 6.07) is 4.03. The van der Waals surface area contributed by atoms with E-state index in [1.165, 1.54) is 5.56 Å². The Balaban J connectivity index is 1.81. The molecule has 1 heterocycles. The summed E-state index contributed by atoms with van der Waals surface area (Å²) in [4.78, 5) is 4.32. The standard InChI is InChI=1S/C12H18N2O/c1-10-3-2-6-14-11(10)7-13-8-12(9-15)4-5-12/h2-3,6,13,15H,4-5,7-9H2,1H3. The van der Waals surface area contributed by atoms with Crippen molar-refractivity contribution in [3.05, 3.63) is 29.6 Å². The molecule has 82 valence electrons. The van der Waals surface area contributed by atoms with E-state index in [0.29, 0.717) is 6.61 Å². The molecule has 1 aliphatic rings. The van der Waals surface area contributed by atoms with E-state index >= 15 is 0 Å². The van der Waals surface area contributed by atoms with Gasteiger partial charge in [-0.25, -0.2) is 0 Å². The Hall–Kier alpha value is -0.930. The lowest BCUT2D eigenvalue weighted by Crippen LogP contribution is -2.26. The van der Waals surface area contributed by atoms with Crippen LogP contribution < -0.4 is 5.32 Å². The monoisotopic (exact) mass is 206 g/mol. The van der Waals surface area contributed by atoms with E-state index in [4.69, 9.17) is 5.11 Å². The van der Waals surface area contributed by atoms with Gasteiger partial charge >= 0.3 is 0 Å². The molecular weight excluding hydrogens is 188 g/mol. The van der Waals surface area contributed by atoms with Gasteiger partial charge in [0, 0.05) is 31.3 Å². The minimum absolute atomic E-state index is 0.183. The summed E-state index contributed by atoms with van der Waals surface area (Å²) in [5.74, 6) is 0. The summed E-state index contributed by atoms with van der Waals surface area (Å²) in [6.07, 6.45) is 4.12. The van der Waals surface area contributed by atoms with Gasteiger partial charge in [0.1, 0.15) is 0 Å². The van der Waals surface area contributed by atoms with Gasteiger partial charge in [0.15, 0.2) is 0 Å². The predicted molar refractivity (Wildman–Crippen MR) is 59.4 cm³/mol. The molecule has 15 heavy (non-hydrogen) atoms. The van der Waals surface area contributed by atoms with Gasteiger partial charge in [0.25, 0.3) is 0 Å². The first kappa shape index (κ1) is 10.6. The Kier molecular flexibility index (Phi) is 3.03. The Morgan fingerprint density at radius 1 is 1.53 bits per heavy atom. The van der Waals surface area contributed by atoms with Crippen molar-refractivity contribution in [1.82, 2.24) is 10.3 Å². The minimum atomic E-state index is 0.183. The van der Waals surface area contributed by atoms with Gasteiger partial charge in [-0.3, -0.25) is 4.98 Å². The number of aryl methyl sites for hydroxylation is 1. The molecule has 2 N–H and O–H groups in total. The number of nitrogens with one attached hydrogen (secondary N) is 1. The molecule has 0 unspecified atom stereocenters. The topological polar surface area (TPSA) is 45.2 Å². The normalized spacial score (nSPS) is 17.7. The van der Waals surface area contributed by atoms with E-state index in [9.17, 15) is 0 Å². The van der Waals surface area contributed by atoms with Crippen molar-refractivity contribution in [2.75, 3.05) is 13.2 Å². The largest absolute Gasteiger partial charge is 0.396 e. The third-order valence-electron chi connectivity index (χ3n) is 3.20. The van der Waals surface area contributed by atoms with Gasteiger partial charge in [-0.05, 0) is 31.4 Å². The highest BCUT2D eigenvalue weighted by Crippen LogP contribution is 2.44. The first-order chi connectivity index (χ1) is 7.26. The van der Waals surface area contributed by atoms with Gasteiger partial charge in [-0.15, -0.1) is 0 Å². The molecule has 0 aromatic carbocycles. The van der Waals surface area contributed by atoms with Gasteiger partial charge in [-0.1, -0.05) is 6.07 Å². The van der Waals surface area contributed by atoms with Crippen molar-refractivity contribution in [3.8, 4) is 0 Å². The van der Waals surface area contributed by atoms with E-state index in [2.05, 4.69) is 23.3 Å². The van der Waals surface area contributed by atoms with E-state index in [1.54, 1.807) is 0 Å². The Morgan fingerprint density at radius 3 is 2.93 bits per heavy atom. The molecule has 0 spiro atoms. The molecule has 1 aliphatic carbocycles. The number of hydrogen-bond acceptors (Lipinski definition) is 3. The fraction of sp³-hybridized carbons (Fsp3) is 0.583. The van der Waals surface area contributed by atoms with E-state index < -0.39 is 0 Å². The number of rotatable bonds is 5. The maximum atomic E-state index is 9.15. The molecule has 0 saturated heterocycles. The summed E-state index contributed by atoms with van der Waals surface area (Å²) >= 11 is 0. The van der Waals surface area contributed by atoms with Gasteiger partial charge in [0.2, 0.25) is 0 Å². The number of nitrogens with zero attached hydrogens (tertiary/aromatic N) is 1. The Morgan fingerprint density at radius 2 is 2.33 bits per heavy atom. The summed E-state index contributed by atoms with van der Waals surface area (Å²) in [6.45, 7) is 4.08. The van der Waals surface area contributed by atoms with Crippen LogP contribution in [0.1, 0.15) is 24.1 Å². The second-order valence-corrected chi connectivity index (χ2v) is 4.53. The maximum absolute atomic E-state index is 9.15. The number of aliphatic hydroxyl groups excluding tert-OH is 1. The molecule has 0 bridgehead atoms. The van der Waals surface area contributed by atoms with Crippen LogP contribution in [0.15, 0.2) is 18.3 Å². The predicted octanol–water partition coefficient (Wildman–Crippen LogP) is 1.25. The van der Waals surface area contributed by atoms with Crippen LogP contribution in [-0.4, -0.2) is 23.2 Å². The van der Waals surface area contributed by atoms with Crippen molar-refractivity contribution in [2.45, 2.75) is 26.3 Å². The van der Waals surface area contributed by atoms with Crippen LogP contribution in [0.4, 0.5) is 0 Å². The van der Waals surface area contributed by atoms with Gasteiger partial charge in [0.05, 0.1) is 5.69 Å². The van der Waals surface area contributed by atoms with E-state index in [1.807, 2.05) is 12.3 Å². The maximum Gasteiger partial charge on any atom is 0.0570 e. The lowest BCUT2D eigenvalue weighted by molar-refractivity contribution is 0.207. The Bertz CT molecular complexity index is 334. The molecule has 1 aromatic heterocycles. The van der Waals surface area contributed by atoms with Crippen LogP contribution in [0.5, 0.6) is 0 Å². The molecule has 0 atom stereocenters. The van der Waals surface area contributed by atoms with Crippen molar-refractivity contribution in [3.63, 3.8) is 0 Å². The fourth-order valence-electron chi connectivity index (χ4n) is 1.72. The molecule has 3 nitrogen and oxygen atoms in total. The zero-order chi connectivity index (χ0) is 10.7. The molecule has 0 radical (unpaired) electrons. The first-order valence-electron chi connectivity index (χ1n) is 5.48. The quantitative estimate of drug-likeness (QED) is 0.762. The third kappa shape index (κ3) is 2.55. The zero-order valence-corrected chi connectivity index (χ0v) is 9.16. The van der Waals surface area contributed by atoms with Gasteiger partial charge < -0.3 is 10.4 Å². The van der Waals surface area contributed by atoms with Crippen molar-refractivity contribution in [1.29, 1.82) is 0 Å². The molecule has 3 heteroatoms. The third-order valence-corrected chi connectivity index (χ3v) is 3.20. The molecule has 2 rings (SSSR count). The average Bonchev–Trinajstić information content (AvgIpc) is 3.02. The van der Waals surface area contributed by atoms with Crippen LogP contribution in [0.2, 0.25) is 0 Å². The van der Waals surface area contributed by atoms with Crippen LogP contribution >= 0.6 is 0 Å². The van der Waals surface area contributed by atoms with Crippen LogP contribution in [-0.2, 0) is 6.54 Å². The smallest absolute Gasteiger partial charge is 0.0570 e. The lowest BCUT2D eigenvalue weighted by Gasteiger charge is -2.12. The molecule has 0 aliphatic heterocycles. The number of aromatic nitrogens is 1. The summed E-state index contributed by atoms with van der Waals surface area (Å²) in [5, 5.41) is 12.5. The highest BCUT2D eigenvalue weighted by molar-refractivity contribution is 5.17. The molecular formula is C12H18N2O. The van der Waals surface area contributed by atoms with E-state index in [0.717, 1.165) is 31.6 Å². The zero-order valence-electron chi connectivity index (χ0n) is 9.16. The number of hydrogen-bond donors (Lipinski definition) is 2. The summed E-state index contributed by atoms with van der Waals surface area (Å²) in [5.41, 5.74) is 2.51. The lowest BCUT2D eigenvalue weighted by atomic mass is 10.1. The number of pyridine rings is 1. The second kappa shape index (κ2) is 4.29. The molecule has 1 saturated carbocycles. The fourth-order valence-corrected chi connectivity index (χ4v) is 1.72. The SMILES string of the molecule is Cc1cccnc1CNCC1(CO)CC1. The van der Waals surface area contributed by atoms with Crippen LogP contribution in [0, 0.1) is 12.3 Å². The second-order valence-electron chi connectivity index (χ2n) is 4.53. The van der Waals surface area contributed by atoms with Crippen LogP contribution in [0.25, 0.3) is 0 Å². The minimum Gasteiger partial charge on any atom is -0.396 e. The molecule has 1 fully saturated rings. The van der Waals surface area contributed by atoms with Crippen LogP contribution in [0.3, 0.4) is 0 Å². The average molecular weight is 206 g/mol. The molecule has 1 aromatic rings. The Labute approximate surface area is 90.5 Å². The summed E-state index contributed by atoms with van der Waals surface area (Å²) < 4.78 is 0. The highest BCUT2D eigenvalue weighted by atomic mass is 16.3. The van der Waals surface area contributed by atoms with Gasteiger partial charge in [-0.2, -0.15) is 0 Å². The van der Waals surface area contributed by atoms with Crippen molar-refractivity contribution < 1.29 is 5.11 Å².